The van der Waals surface area contributed by atoms with Crippen LogP contribution in [0.1, 0.15) is 26.3 Å². The summed E-state index contributed by atoms with van der Waals surface area (Å²) >= 11 is 0. The fraction of sp³-hybridized carbons (Fsp3) is 0.533. The summed E-state index contributed by atoms with van der Waals surface area (Å²) in [6.07, 6.45) is 0.880. The van der Waals surface area contributed by atoms with Crippen LogP contribution in [-0.2, 0) is 6.42 Å². The van der Waals surface area contributed by atoms with Crippen molar-refractivity contribution in [3.05, 3.63) is 23.8 Å². The molecule has 0 atom stereocenters. The number of hydrogen-bond donors (Lipinski definition) is 2. The average Bonchev–Trinajstić information content (AvgIpc) is 2.85. The van der Waals surface area contributed by atoms with E-state index in [2.05, 4.69) is 42.5 Å². The second kappa shape index (κ2) is 7.03. The Bertz CT molecular complexity index is 472. The lowest BCUT2D eigenvalue weighted by Crippen LogP contribution is -2.41. The highest BCUT2D eigenvalue weighted by atomic mass is 16.7. The lowest BCUT2D eigenvalue weighted by Gasteiger charge is -2.13. The van der Waals surface area contributed by atoms with Crippen molar-refractivity contribution in [2.24, 2.45) is 4.99 Å². The van der Waals surface area contributed by atoms with Gasteiger partial charge in [-0.15, -0.1) is 0 Å². The summed E-state index contributed by atoms with van der Waals surface area (Å²) in [4.78, 5) is 4.56. The van der Waals surface area contributed by atoms with Crippen LogP contribution in [0.2, 0.25) is 0 Å². The summed E-state index contributed by atoms with van der Waals surface area (Å²) in [5.74, 6) is 2.52. The van der Waals surface area contributed by atoms with Crippen LogP contribution in [0.4, 0.5) is 0 Å². The molecule has 0 saturated carbocycles. The minimum Gasteiger partial charge on any atom is -0.454 e. The first-order valence-electron chi connectivity index (χ1n) is 7.12. The van der Waals surface area contributed by atoms with E-state index >= 15 is 0 Å². The van der Waals surface area contributed by atoms with Crippen molar-refractivity contribution in [3.8, 4) is 11.5 Å². The van der Waals surface area contributed by atoms with E-state index in [9.17, 15) is 0 Å². The second-order valence-electron chi connectivity index (χ2n) is 5.00. The van der Waals surface area contributed by atoms with Gasteiger partial charge in [-0.2, -0.15) is 0 Å². The smallest absolute Gasteiger partial charge is 0.231 e. The highest BCUT2D eigenvalue weighted by Gasteiger charge is 2.12. The van der Waals surface area contributed by atoms with Crippen LogP contribution in [-0.4, -0.2) is 31.9 Å². The predicted molar refractivity (Wildman–Crippen MR) is 80.5 cm³/mol. The number of benzene rings is 1. The molecule has 0 saturated heterocycles. The molecule has 0 radical (unpaired) electrons. The van der Waals surface area contributed by atoms with Crippen LogP contribution in [0.25, 0.3) is 0 Å². The molecule has 1 aromatic rings. The number of ether oxygens (including phenoxy) is 2. The standard InChI is InChI=1S/C15H23N3O2/c1-4-16-15(18-11(2)3)17-8-7-12-5-6-13-14(9-12)20-10-19-13/h5-6,9,11H,4,7-8,10H2,1-3H3,(H2,16,17,18). The van der Waals surface area contributed by atoms with Crippen molar-refractivity contribution < 1.29 is 9.47 Å². The minimum atomic E-state index is 0.319. The van der Waals surface area contributed by atoms with E-state index in [4.69, 9.17) is 9.47 Å². The van der Waals surface area contributed by atoms with Gasteiger partial charge in [0.05, 0.1) is 0 Å². The van der Waals surface area contributed by atoms with E-state index in [-0.39, 0.29) is 0 Å². The summed E-state index contributed by atoms with van der Waals surface area (Å²) in [6.45, 7) is 8.19. The Labute approximate surface area is 120 Å². The van der Waals surface area contributed by atoms with Gasteiger partial charge >= 0.3 is 0 Å². The van der Waals surface area contributed by atoms with Crippen molar-refractivity contribution >= 4 is 5.96 Å². The van der Waals surface area contributed by atoms with Crippen LogP contribution in [0.3, 0.4) is 0 Å². The third-order valence-electron chi connectivity index (χ3n) is 2.88. The first kappa shape index (κ1) is 14.5. The molecule has 0 spiro atoms. The number of hydrogen-bond acceptors (Lipinski definition) is 3. The van der Waals surface area contributed by atoms with Gasteiger partial charge in [-0.3, -0.25) is 4.99 Å². The molecule has 0 bridgehead atoms. The molecule has 1 aromatic carbocycles. The Morgan fingerprint density at radius 1 is 1.30 bits per heavy atom. The molecule has 2 rings (SSSR count). The molecule has 5 heteroatoms. The molecule has 0 aliphatic carbocycles. The number of guanidine groups is 1. The van der Waals surface area contributed by atoms with Gasteiger partial charge in [0.1, 0.15) is 0 Å². The molecule has 110 valence electrons. The highest BCUT2D eigenvalue weighted by Crippen LogP contribution is 2.32. The van der Waals surface area contributed by atoms with Crippen LogP contribution < -0.4 is 20.1 Å². The number of rotatable bonds is 5. The third kappa shape index (κ3) is 4.05. The van der Waals surface area contributed by atoms with E-state index in [0.717, 1.165) is 37.0 Å². The third-order valence-corrected chi connectivity index (χ3v) is 2.88. The summed E-state index contributed by atoms with van der Waals surface area (Å²) in [7, 11) is 0. The van der Waals surface area contributed by atoms with Gasteiger partial charge in [0, 0.05) is 19.1 Å². The minimum absolute atomic E-state index is 0.319. The van der Waals surface area contributed by atoms with Crippen molar-refractivity contribution in [1.29, 1.82) is 0 Å². The maximum Gasteiger partial charge on any atom is 0.231 e. The maximum atomic E-state index is 5.37. The molecular formula is C15H23N3O2. The Hall–Kier alpha value is -1.91. The van der Waals surface area contributed by atoms with Crippen molar-refractivity contribution in [2.45, 2.75) is 33.2 Å². The van der Waals surface area contributed by atoms with E-state index in [1.807, 2.05) is 12.1 Å². The first-order chi connectivity index (χ1) is 9.69. The molecule has 2 N–H and O–H groups in total. The van der Waals surface area contributed by atoms with Gasteiger partial charge < -0.3 is 20.1 Å². The van der Waals surface area contributed by atoms with Crippen LogP contribution in [0.5, 0.6) is 11.5 Å². The highest BCUT2D eigenvalue weighted by molar-refractivity contribution is 5.79. The largest absolute Gasteiger partial charge is 0.454 e. The average molecular weight is 277 g/mol. The van der Waals surface area contributed by atoms with E-state index < -0.39 is 0 Å². The Balaban J connectivity index is 1.90. The zero-order chi connectivity index (χ0) is 14.4. The first-order valence-corrected chi connectivity index (χ1v) is 7.12. The molecular weight excluding hydrogens is 254 g/mol. The van der Waals surface area contributed by atoms with E-state index in [1.165, 1.54) is 5.56 Å². The SMILES string of the molecule is CCNC(=NCCc1ccc2c(c1)OCO2)NC(C)C. The maximum absolute atomic E-state index is 5.37. The van der Waals surface area contributed by atoms with Crippen molar-refractivity contribution in [3.63, 3.8) is 0 Å². The van der Waals surface area contributed by atoms with Gasteiger partial charge in [0.25, 0.3) is 0 Å². The summed E-state index contributed by atoms with van der Waals surface area (Å²) in [5, 5.41) is 6.54. The predicted octanol–water partition coefficient (Wildman–Crippen LogP) is 1.92. The second-order valence-corrected chi connectivity index (χ2v) is 5.00. The zero-order valence-corrected chi connectivity index (χ0v) is 12.4. The summed E-state index contributed by atoms with van der Waals surface area (Å²) in [5.41, 5.74) is 1.21. The van der Waals surface area contributed by atoms with Crippen molar-refractivity contribution in [2.75, 3.05) is 19.9 Å². The van der Waals surface area contributed by atoms with Gasteiger partial charge in [-0.05, 0) is 44.9 Å². The van der Waals surface area contributed by atoms with Crippen molar-refractivity contribution in [1.82, 2.24) is 10.6 Å². The lowest BCUT2D eigenvalue weighted by molar-refractivity contribution is 0.174. The molecule has 1 aliphatic rings. The Morgan fingerprint density at radius 2 is 2.10 bits per heavy atom. The fourth-order valence-corrected chi connectivity index (χ4v) is 1.99. The number of fused-ring (bicyclic) bond motifs is 1. The van der Waals surface area contributed by atoms with Gasteiger partial charge in [-0.25, -0.2) is 0 Å². The molecule has 1 heterocycles. The van der Waals surface area contributed by atoms with E-state index in [1.54, 1.807) is 0 Å². The quantitative estimate of drug-likeness (QED) is 0.638. The fourth-order valence-electron chi connectivity index (χ4n) is 1.99. The van der Waals surface area contributed by atoms with Crippen LogP contribution in [0, 0.1) is 0 Å². The topological polar surface area (TPSA) is 54.9 Å². The summed E-state index contributed by atoms with van der Waals surface area (Å²) < 4.78 is 10.7. The Morgan fingerprint density at radius 3 is 2.85 bits per heavy atom. The molecule has 1 aliphatic heterocycles. The monoisotopic (exact) mass is 277 g/mol. The molecule has 20 heavy (non-hydrogen) atoms. The molecule has 0 unspecified atom stereocenters. The number of nitrogens with zero attached hydrogens (tertiary/aromatic N) is 1. The normalized spacial score (nSPS) is 13.7. The molecule has 0 amide bonds. The zero-order valence-electron chi connectivity index (χ0n) is 12.4. The van der Waals surface area contributed by atoms with E-state index in [0.29, 0.717) is 12.8 Å². The van der Waals surface area contributed by atoms with Gasteiger partial charge in [0.2, 0.25) is 6.79 Å². The Kier molecular flexibility index (Phi) is 5.09. The summed E-state index contributed by atoms with van der Waals surface area (Å²) in [6, 6.07) is 6.42. The van der Waals surface area contributed by atoms with Crippen LogP contribution in [0.15, 0.2) is 23.2 Å². The van der Waals surface area contributed by atoms with Crippen LogP contribution >= 0.6 is 0 Å². The molecule has 5 nitrogen and oxygen atoms in total. The molecule has 0 fully saturated rings. The van der Waals surface area contributed by atoms with Gasteiger partial charge in [-0.1, -0.05) is 6.07 Å². The molecule has 0 aromatic heterocycles. The number of nitrogens with one attached hydrogen (secondary N) is 2. The lowest BCUT2D eigenvalue weighted by atomic mass is 10.1. The number of aliphatic imine (C=N–C) groups is 1. The van der Waals surface area contributed by atoms with Gasteiger partial charge in [0.15, 0.2) is 17.5 Å².